The van der Waals surface area contributed by atoms with Gasteiger partial charge in [0.25, 0.3) is 5.91 Å². The average Bonchev–Trinajstić information content (AvgIpc) is 3.06. The summed E-state index contributed by atoms with van der Waals surface area (Å²) in [5, 5.41) is 3.41. The maximum absolute atomic E-state index is 12.5. The van der Waals surface area contributed by atoms with Crippen LogP contribution in [0.1, 0.15) is 16.1 Å². The summed E-state index contributed by atoms with van der Waals surface area (Å²) in [7, 11) is 0. The van der Waals surface area contributed by atoms with Gasteiger partial charge < -0.3 is 9.64 Å². The highest BCUT2D eigenvalue weighted by Gasteiger charge is 2.16. The molecule has 0 radical (unpaired) electrons. The van der Waals surface area contributed by atoms with Crippen molar-refractivity contribution < 1.29 is 9.53 Å². The number of carbonyl (C=O) groups is 1. The Morgan fingerprint density at radius 1 is 1.28 bits per heavy atom. The number of rotatable bonds is 3. The van der Waals surface area contributed by atoms with E-state index in [0.29, 0.717) is 24.0 Å². The number of para-hydroxylation sites is 1. The van der Waals surface area contributed by atoms with Crippen molar-refractivity contribution in [1.82, 2.24) is 15.0 Å². The third-order valence-corrected chi connectivity index (χ3v) is 5.00. The molecule has 4 rings (SSSR count). The summed E-state index contributed by atoms with van der Waals surface area (Å²) in [4.78, 5) is 27.5. The van der Waals surface area contributed by atoms with Crippen molar-refractivity contribution in [3.8, 4) is 0 Å². The molecule has 25 heavy (non-hydrogen) atoms. The number of aryl methyl sites for hydroxylation is 1. The second kappa shape index (κ2) is 6.73. The number of thiazole rings is 1. The van der Waals surface area contributed by atoms with Crippen LogP contribution >= 0.6 is 11.3 Å². The topological polar surface area (TPSA) is 80.2 Å². The van der Waals surface area contributed by atoms with E-state index in [2.05, 4.69) is 25.2 Å². The first kappa shape index (κ1) is 15.9. The van der Waals surface area contributed by atoms with Crippen LogP contribution in [0.15, 0.2) is 30.6 Å². The molecule has 1 aromatic carbocycles. The number of amides is 1. The SMILES string of the molecule is Cc1cccc2sc(NC(=O)c3cc(N4CCOCC4)ncn3)nc12. The first-order valence-corrected chi connectivity index (χ1v) is 8.84. The van der Waals surface area contributed by atoms with Crippen LogP contribution in [-0.2, 0) is 4.74 Å². The molecular formula is C17H17N5O2S. The van der Waals surface area contributed by atoms with Crippen LogP contribution in [0.25, 0.3) is 10.2 Å². The van der Waals surface area contributed by atoms with E-state index in [0.717, 1.165) is 34.7 Å². The number of fused-ring (bicyclic) bond motifs is 1. The molecule has 8 heteroatoms. The van der Waals surface area contributed by atoms with Crippen LogP contribution in [0.4, 0.5) is 10.9 Å². The fraction of sp³-hybridized carbons (Fsp3) is 0.294. The third kappa shape index (κ3) is 3.31. The summed E-state index contributed by atoms with van der Waals surface area (Å²) in [5.74, 6) is 0.456. The minimum atomic E-state index is -0.284. The molecule has 1 aliphatic heterocycles. The van der Waals surface area contributed by atoms with Gasteiger partial charge in [0.1, 0.15) is 17.8 Å². The highest BCUT2D eigenvalue weighted by Crippen LogP contribution is 2.28. The summed E-state index contributed by atoms with van der Waals surface area (Å²) in [6.07, 6.45) is 1.42. The number of hydrogen-bond acceptors (Lipinski definition) is 7. The summed E-state index contributed by atoms with van der Waals surface area (Å²) in [5.41, 5.74) is 2.33. The molecule has 1 aliphatic rings. The fourth-order valence-corrected chi connectivity index (χ4v) is 3.68. The molecule has 1 N–H and O–H groups in total. The number of nitrogens with zero attached hydrogens (tertiary/aromatic N) is 4. The predicted molar refractivity (Wildman–Crippen MR) is 97.4 cm³/mol. The fourth-order valence-electron chi connectivity index (χ4n) is 2.74. The average molecular weight is 355 g/mol. The van der Waals surface area contributed by atoms with Gasteiger partial charge in [0, 0.05) is 19.2 Å². The van der Waals surface area contributed by atoms with Gasteiger partial charge in [-0.05, 0) is 18.6 Å². The lowest BCUT2D eigenvalue weighted by molar-refractivity contribution is 0.102. The number of nitrogens with one attached hydrogen (secondary N) is 1. The van der Waals surface area contributed by atoms with Crippen molar-refractivity contribution in [3.63, 3.8) is 0 Å². The van der Waals surface area contributed by atoms with Gasteiger partial charge in [-0.1, -0.05) is 23.5 Å². The standard InChI is InChI=1S/C17H17N5O2S/c1-11-3-2-4-13-15(11)20-17(25-13)21-16(23)12-9-14(19-10-18-12)22-5-7-24-8-6-22/h2-4,9-10H,5-8H2,1H3,(H,20,21,23). The number of morpholine rings is 1. The first-order chi connectivity index (χ1) is 12.2. The quantitative estimate of drug-likeness (QED) is 0.777. The summed E-state index contributed by atoms with van der Waals surface area (Å²) < 4.78 is 6.39. The van der Waals surface area contributed by atoms with Gasteiger partial charge in [0.05, 0.1) is 23.4 Å². The van der Waals surface area contributed by atoms with E-state index in [1.807, 2.05) is 25.1 Å². The Morgan fingerprint density at radius 2 is 2.12 bits per heavy atom. The van der Waals surface area contributed by atoms with Gasteiger partial charge in [-0.15, -0.1) is 0 Å². The second-order valence-corrected chi connectivity index (χ2v) is 6.79. The maximum atomic E-state index is 12.5. The lowest BCUT2D eigenvalue weighted by Gasteiger charge is -2.27. The van der Waals surface area contributed by atoms with Crippen LogP contribution in [0.5, 0.6) is 0 Å². The minimum Gasteiger partial charge on any atom is -0.378 e. The van der Waals surface area contributed by atoms with Gasteiger partial charge in [0.2, 0.25) is 0 Å². The Morgan fingerprint density at radius 3 is 2.92 bits per heavy atom. The normalized spacial score (nSPS) is 14.7. The molecule has 0 saturated carbocycles. The number of benzene rings is 1. The maximum Gasteiger partial charge on any atom is 0.276 e. The zero-order valence-electron chi connectivity index (χ0n) is 13.7. The second-order valence-electron chi connectivity index (χ2n) is 5.76. The number of carbonyl (C=O) groups excluding carboxylic acids is 1. The van der Waals surface area contributed by atoms with E-state index in [9.17, 15) is 4.79 Å². The molecule has 1 fully saturated rings. The van der Waals surface area contributed by atoms with Crippen LogP contribution in [0.3, 0.4) is 0 Å². The molecule has 0 unspecified atom stereocenters. The Bertz CT molecular complexity index is 920. The molecule has 1 amide bonds. The number of ether oxygens (including phenoxy) is 1. The van der Waals surface area contributed by atoms with Crippen molar-refractivity contribution in [2.24, 2.45) is 0 Å². The van der Waals surface area contributed by atoms with Crippen LogP contribution in [-0.4, -0.2) is 47.2 Å². The van der Waals surface area contributed by atoms with Crippen LogP contribution in [0, 0.1) is 6.92 Å². The summed E-state index contributed by atoms with van der Waals surface area (Å²) >= 11 is 1.45. The number of aromatic nitrogens is 3. The van der Waals surface area contributed by atoms with E-state index in [1.54, 1.807) is 6.07 Å². The van der Waals surface area contributed by atoms with Gasteiger partial charge in [-0.25, -0.2) is 15.0 Å². The molecule has 0 aliphatic carbocycles. The lowest BCUT2D eigenvalue weighted by Crippen LogP contribution is -2.37. The number of hydrogen-bond donors (Lipinski definition) is 1. The molecule has 2 aromatic heterocycles. The Labute approximate surface area is 148 Å². The van der Waals surface area contributed by atoms with E-state index in [4.69, 9.17) is 4.74 Å². The smallest absolute Gasteiger partial charge is 0.276 e. The van der Waals surface area contributed by atoms with Gasteiger partial charge in [-0.2, -0.15) is 0 Å². The molecule has 3 heterocycles. The molecule has 128 valence electrons. The molecule has 0 atom stereocenters. The molecule has 7 nitrogen and oxygen atoms in total. The zero-order chi connectivity index (χ0) is 17.2. The van der Waals surface area contributed by atoms with Crippen molar-refractivity contribution in [3.05, 3.63) is 41.9 Å². The first-order valence-electron chi connectivity index (χ1n) is 8.03. The third-order valence-electron chi connectivity index (χ3n) is 4.06. The molecular weight excluding hydrogens is 338 g/mol. The Balaban J connectivity index is 1.54. The Kier molecular flexibility index (Phi) is 4.29. The minimum absolute atomic E-state index is 0.284. The zero-order valence-corrected chi connectivity index (χ0v) is 14.5. The molecule has 3 aromatic rings. The van der Waals surface area contributed by atoms with E-state index in [-0.39, 0.29) is 5.91 Å². The van der Waals surface area contributed by atoms with Gasteiger partial charge >= 0.3 is 0 Å². The largest absolute Gasteiger partial charge is 0.378 e. The lowest BCUT2D eigenvalue weighted by atomic mass is 10.2. The van der Waals surface area contributed by atoms with E-state index < -0.39 is 0 Å². The summed E-state index contributed by atoms with van der Waals surface area (Å²) in [6.45, 7) is 4.85. The highest BCUT2D eigenvalue weighted by molar-refractivity contribution is 7.22. The Hall–Kier alpha value is -2.58. The number of anilines is 2. The van der Waals surface area contributed by atoms with Gasteiger partial charge in [0.15, 0.2) is 5.13 Å². The van der Waals surface area contributed by atoms with E-state index in [1.165, 1.54) is 17.7 Å². The predicted octanol–water partition coefficient (Wildman–Crippen LogP) is 2.48. The molecule has 0 spiro atoms. The molecule has 1 saturated heterocycles. The monoisotopic (exact) mass is 355 g/mol. The van der Waals surface area contributed by atoms with Crippen LogP contribution < -0.4 is 10.2 Å². The summed E-state index contributed by atoms with van der Waals surface area (Å²) in [6, 6.07) is 7.70. The van der Waals surface area contributed by atoms with E-state index >= 15 is 0 Å². The van der Waals surface area contributed by atoms with Gasteiger partial charge in [-0.3, -0.25) is 10.1 Å². The van der Waals surface area contributed by atoms with Crippen molar-refractivity contribution >= 4 is 38.4 Å². The highest BCUT2D eigenvalue weighted by atomic mass is 32.1. The van der Waals surface area contributed by atoms with Crippen molar-refractivity contribution in [1.29, 1.82) is 0 Å². The molecule has 0 bridgehead atoms. The van der Waals surface area contributed by atoms with Crippen molar-refractivity contribution in [2.45, 2.75) is 6.92 Å². The van der Waals surface area contributed by atoms with Crippen LogP contribution in [0.2, 0.25) is 0 Å². The van der Waals surface area contributed by atoms with Crippen molar-refractivity contribution in [2.75, 3.05) is 36.5 Å².